The maximum Gasteiger partial charge on any atom is 0.133 e. The molecule has 0 bridgehead atoms. The van der Waals surface area contributed by atoms with Gasteiger partial charge in [0.05, 0.1) is 17.5 Å². The lowest BCUT2D eigenvalue weighted by Crippen LogP contribution is -2.25. The number of aryl methyl sites for hydroxylation is 1. The molecule has 2 N–H and O–H groups in total. The van der Waals surface area contributed by atoms with Crippen molar-refractivity contribution < 1.29 is 9.52 Å². The highest BCUT2D eigenvalue weighted by Gasteiger charge is 2.20. The summed E-state index contributed by atoms with van der Waals surface area (Å²) in [6.07, 6.45) is 3.01. The van der Waals surface area contributed by atoms with Crippen molar-refractivity contribution >= 4 is 0 Å². The Kier molecular flexibility index (Phi) is 4.54. The summed E-state index contributed by atoms with van der Waals surface area (Å²) in [6.45, 7) is 10.9. The summed E-state index contributed by atoms with van der Waals surface area (Å²) in [4.78, 5) is 0. The molecular weight excluding hydrogens is 266 g/mol. The van der Waals surface area contributed by atoms with Crippen molar-refractivity contribution in [3.8, 4) is 0 Å². The van der Waals surface area contributed by atoms with Crippen molar-refractivity contribution in [3.63, 3.8) is 0 Å². The lowest BCUT2D eigenvalue weighted by atomic mass is 10.1. The minimum absolute atomic E-state index is 0.0313. The summed E-state index contributed by atoms with van der Waals surface area (Å²) in [7, 11) is 0. The fourth-order valence-corrected chi connectivity index (χ4v) is 2.22. The number of aliphatic hydroxyl groups is 1. The van der Waals surface area contributed by atoms with Crippen molar-refractivity contribution in [3.05, 3.63) is 41.6 Å². The Balaban J connectivity index is 2.00. The van der Waals surface area contributed by atoms with Gasteiger partial charge in [-0.2, -0.15) is 5.10 Å². The fraction of sp³-hybridized carbons (Fsp3) is 0.562. The second-order valence-electron chi connectivity index (χ2n) is 6.45. The number of nitrogens with one attached hydrogen (secondary N) is 1. The van der Waals surface area contributed by atoms with Crippen LogP contribution in [0.3, 0.4) is 0 Å². The predicted molar refractivity (Wildman–Crippen MR) is 82.0 cm³/mol. The number of hydrogen-bond acceptors (Lipinski definition) is 4. The van der Waals surface area contributed by atoms with E-state index in [2.05, 4.69) is 44.3 Å². The Morgan fingerprint density at radius 3 is 2.67 bits per heavy atom. The molecule has 2 rings (SSSR count). The van der Waals surface area contributed by atoms with Crippen molar-refractivity contribution in [2.24, 2.45) is 0 Å². The van der Waals surface area contributed by atoms with Gasteiger partial charge >= 0.3 is 0 Å². The van der Waals surface area contributed by atoms with E-state index in [0.29, 0.717) is 12.3 Å². The molecule has 0 amide bonds. The molecule has 0 saturated carbocycles. The third-order valence-electron chi connectivity index (χ3n) is 3.58. The van der Waals surface area contributed by atoms with Crippen LogP contribution >= 0.6 is 0 Å². The van der Waals surface area contributed by atoms with Crippen molar-refractivity contribution in [2.45, 2.75) is 52.3 Å². The van der Waals surface area contributed by atoms with Gasteiger partial charge in [-0.15, -0.1) is 0 Å². The smallest absolute Gasteiger partial charge is 0.133 e. The summed E-state index contributed by atoms with van der Waals surface area (Å²) >= 11 is 0. The molecule has 0 aliphatic carbocycles. The van der Waals surface area contributed by atoms with E-state index in [-0.39, 0.29) is 11.6 Å². The van der Waals surface area contributed by atoms with Gasteiger partial charge in [0.1, 0.15) is 11.9 Å². The average molecular weight is 291 g/mol. The van der Waals surface area contributed by atoms with E-state index in [4.69, 9.17) is 4.42 Å². The number of furan rings is 1. The van der Waals surface area contributed by atoms with Crippen LogP contribution in [-0.4, -0.2) is 21.4 Å². The van der Waals surface area contributed by atoms with E-state index in [1.165, 1.54) is 0 Å². The van der Waals surface area contributed by atoms with Crippen LogP contribution in [0.5, 0.6) is 0 Å². The largest absolute Gasteiger partial charge is 0.467 e. The highest BCUT2D eigenvalue weighted by Crippen LogP contribution is 2.22. The predicted octanol–water partition coefficient (Wildman–Crippen LogP) is 2.92. The van der Waals surface area contributed by atoms with Crippen LogP contribution in [0.4, 0.5) is 0 Å². The Morgan fingerprint density at radius 2 is 2.14 bits per heavy atom. The molecule has 0 fully saturated rings. The van der Waals surface area contributed by atoms with Gasteiger partial charge in [-0.1, -0.05) is 0 Å². The number of aromatic nitrogens is 2. The molecule has 0 aromatic carbocycles. The van der Waals surface area contributed by atoms with Crippen molar-refractivity contribution in [1.82, 2.24) is 15.1 Å². The zero-order chi connectivity index (χ0) is 15.6. The van der Waals surface area contributed by atoms with E-state index >= 15 is 0 Å². The lowest BCUT2D eigenvalue weighted by molar-refractivity contribution is 0.144. The van der Waals surface area contributed by atoms with Gasteiger partial charge in [-0.05, 0) is 46.8 Å². The highest BCUT2D eigenvalue weighted by molar-refractivity contribution is 5.20. The van der Waals surface area contributed by atoms with Gasteiger partial charge in [0.2, 0.25) is 0 Å². The first-order chi connectivity index (χ1) is 9.79. The Hall–Kier alpha value is -1.59. The van der Waals surface area contributed by atoms with Gasteiger partial charge < -0.3 is 14.8 Å². The first-order valence-corrected chi connectivity index (χ1v) is 7.30. The van der Waals surface area contributed by atoms with Gasteiger partial charge in [-0.3, -0.25) is 4.68 Å². The van der Waals surface area contributed by atoms with Crippen molar-refractivity contribution in [1.29, 1.82) is 0 Å². The summed E-state index contributed by atoms with van der Waals surface area (Å²) < 4.78 is 7.18. The Bertz CT molecular complexity index is 567. The summed E-state index contributed by atoms with van der Waals surface area (Å²) in [5.41, 5.74) is 2.13. The molecule has 0 aliphatic rings. The second-order valence-corrected chi connectivity index (χ2v) is 6.45. The minimum atomic E-state index is -0.639. The fourth-order valence-electron chi connectivity index (χ4n) is 2.22. The Morgan fingerprint density at radius 1 is 1.43 bits per heavy atom. The van der Waals surface area contributed by atoms with E-state index in [9.17, 15) is 5.11 Å². The molecule has 5 nitrogen and oxygen atoms in total. The number of rotatable bonds is 5. The lowest BCUT2D eigenvalue weighted by Gasteiger charge is -2.19. The molecule has 116 valence electrons. The quantitative estimate of drug-likeness (QED) is 0.889. The molecule has 21 heavy (non-hydrogen) atoms. The Labute approximate surface area is 126 Å². The molecule has 2 aromatic heterocycles. The summed E-state index contributed by atoms with van der Waals surface area (Å²) in [5.74, 6) is 0.580. The zero-order valence-electron chi connectivity index (χ0n) is 13.4. The molecule has 0 radical (unpaired) electrons. The van der Waals surface area contributed by atoms with E-state index in [0.717, 1.165) is 11.3 Å². The topological polar surface area (TPSA) is 63.2 Å². The SMILES string of the molecule is Cc1nn(C(C)(C)C)cc1C(C)NCC(O)c1ccco1. The number of aliphatic hydroxyl groups excluding tert-OH is 1. The first kappa shape index (κ1) is 15.8. The van der Waals surface area contributed by atoms with Gasteiger partial charge in [-0.25, -0.2) is 0 Å². The van der Waals surface area contributed by atoms with Crippen LogP contribution in [0.2, 0.25) is 0 Å². The third-order valence-corrected chi connectivity index (χ3v) is 3.58. The van der Waals surface area contributed by atoms with Crippen molar-refractivity contribution in [2.75, 3.05) is 6.54 Å². The maximum atomic E-state index is 10.0. The second kappa shape index (κ2) is 6.03. The molecule has 2 aromatic rings. The van der Waals surface area contributed by atoms with Gasteiger partial charge in [0.25, 0.3) is 0 Å². The molecule has 2 atom stereocenters. The van der Waals surface area contributed by atoms with E-state index < -0.39 is 6.10 Å². The summed E-state index contributed by atoms with van der Waals surface area (Å²) in [5, 5.41) is 17.9. The van der Waals surface area contributed by atoms with Crippen LogP contribution in [-0.2, 0) is 5.54 Å². The van der Waals surface area contributed by atoms with Gasteiger partial charge in [0.15, 0.2) is 0 Å². The van der Waals surface area contributed by atoms with Crippen LogP contribution < -0.4 is 5.32 Å². The van der Waals surface area contributed by atoms with Crippen LogP contribution in [0, 0.1) is 6.92 Å². The normalized spacial score (nSPS) is 15.1. The molecular formula is C16H25N3O2. The van der Waals surface area contributed by atoms with Crippen LogP contribution in [0.1, 0.15) is 56.9 Å². The zero-order valence-corrected chi connectivity index (χ0v) is 13.4. The molecule has 2 heterocycles. The van der Waals surface area contributed by atoms with Crippen LogP contribution in [0.15, 0.2) is 29.0 Å². The average Bonchev–Trinajstić information content (AvgIpc) is 3.03. The first-order valence-electron chi connectivity index (χ1n) is 7.30. The molecule has 5 heteroatoms. The molecule has 0 saturated heterocycles. The number of nitrogens with zero attached hydrogens (tertiary/aromatic N) is 2. The van der Waals surface area contributed by atoms with Crippen LogP contribution in [0.25, 0.3) is 0 Å². The third kappa shape index (κ3) is 3.74. The highest BCUT2D eigenvalue weighted by atomic mass is 16.4. The monoisotopic (exact) mass is 291 g/mol. The van der Waals surface area contributed by atoms with E-state index in [1.807, 2.05) is 11.6 Å². The van der Waals surface area contributed by atoms with Gasteiger partial charge in [0, 0.05) is 24.3 Å². The number of hydrogen-bond donors (Lipinski definition) is 2. The molecule has 0 aliphatic heterocycles. The molecule has 2 unspecified atom stereocenters. The standard InChI is InChI=1S/C16H25N3O2/c1-11(17-9-14(20)15-7-6-8-21-15)13-10-19(16(3,4)5)18-12(13)2/h6-8,10-11,14,17,20H,9H2,1-5H3. The molecule has 0 spiro atoms. The summed E-state index contributed by atoms with van der Waals surface area (Å²) in [6, 6.07) is 3.67. The van der Waals surface area contributed by atoms with E-state index in [1.54, 1.807) is 18.4 Å². The maximum absolute atomic E-state index is 10.0. The minimum Gasteiger partial charge on any atom is -0.467 e.